The smallest absolute Gasteiger partial charge is 0.416 e. The Morgan fingerprint density at radius 2 is 1.60 bits per heavy atom. The lowest BCUT2D eigenvalue weighted by atomic mass is 9.98. The van der Waals surface area contributed by atoms with Gasteiger partial charge in [0.25, 0.3) is 5.91 Å². The van der Waals surface area contributed by atoms with Gasteiger partial charge in [-0.2, -0.15) is 13.2 Å². The summed E-state index contributed by atoms with van der Waals surface area (Å²) in [5, 5.41) is 7.45. The number of rotatable bonds is 6. The molecule has 0 spiro atoms. The molecule has 3 aromatic carbocycles. The molecule has 0 aliphatic rings. The van der Waals surface area contributed by atoms with Gasteiger partial charge in [0.2, 0.25) is 5.91 Å². The molecule has 11 heteroatoms. The fourth-order valence-electron chi connectivity index (χ4n) is 4.05. The third-order valence-corrected chi connectivity index (χ3v) is 6.31. The number of halogens is 4. The van der Waals surface area contributed by atoms with Crippen LogP contribution in [0.1, 0.15) is 58.9 Å². The molecule has 0 unspecified atom stereocenters. The van der Waals surface area contributed by atoms with Crippen molar-refractivity contribution in [3.05, 3.63) is 99.1 Å². The molecule has 0 saturated carbocycles. The SMILES string of the molecule is CNC(=O)[C@@H](Cc1ccccc1C#Cc1cccc(C(=O)Nc2cc(Cl)cc(C(F)(F)F)c2)c1C)NC(=O)OC(C)(C)C. The molecule has 1 atom stereocenters. The van der Waals surface area contributed by atoms with Crippen LogP contribution in [0, 0.1) is 18.8 Å². The molecule has 0 radical (unpaired) electrons. The molecular formula is C32H31ClF3N3O4. The van der Waals surface area contributed by atoms with Crippen molar-refractivity contribution in [2.24, 2.45) is 0 Å². The molecule has 3 rings (SSSR count). The number of hydrogen-bond donors (Lipinski definition) is 3. The van der Waals surface area contributed by atoms with E-state index in [1.54, 1.807) is 64.1 Å². The maximum absolute atomic E-state index is 13.2. The van der Waals surface area contributed by atoms with Gasteiger partial charge in [-0.15, -0.1) is 0 Å². The van der Waals surface area contributed by atoms with E-state index >= 15 is 0 Å². The number of alkyl carbamates (subject to hydrolysis) is 1. The molecule has 0 aliphatic carbocycles. The molecule has 3 N–H and O–H groups in total. The van der Waals surface area contributed by atoms with Crippen LogP contribution >= 0.6 is 11.6 Å². The van der Waals surface area contributed by atoms with Crippen LogP contribution in [0.4, 0.5) is 23.7 Å². The predicted molar refractivity (Wildman–Crippen MR) is 159 cm³/mol. The van der Waals surface area contributed by atoms with E-state index < -0.39 is 41.3 Å². The second-order valence-corrected chi connectivity index (χ2v) is 11.0. The van der Waals surface area contributed by atoms with Crippen molar-refractivity contribution in [2.75, 3.05) is 12.4 Å². The molecule has 0 heterocycles. The van der Waals surface area contributed by atoms with Gasteiger partial charge in [0.1, 0.15) is 11.6 Å². The van der Waals surface area contributed by atoms with E-state index in [9.17, 15) is 27.6 Å². The van der Waals surface area contributed by atoms with Crippen LogP contribution in [0.2, 0.25) is 5.02 Å². The van der Waals surface area contributed by atoms with Gasteiger partial charge < -0.3 is 20.7 Å². The summed E-state index contributed by atoms with van der Waals surface area (Å²) in [6, 6.07) is 13.9. The number of anilines is 1. The molecule has 0 saturated heterocycles. The van der Waals surface area contributed by atoms with Gasteiger partial charge in [0.15, 0.2) is 0 Å². The van der Waals surface area contributed by atoms with E-state index in [1.165, 1.54) is 19.2 Å². The Bertz CT molecular complexity index is 1590. The first-order valence-electron chi connectivity index (χ1n) is 13.2. The molecule has 7 nitrogen and oxygen atoms in total. The summed E-state index contributed by atoms with van der Waals surface area (Å²) >= 11 is 5.84. The maximum Gasteiger partial charge on any atom is 0.416 e. The fraction of sp³-hybridized carbons (Fsp3) is 0.281. The van der Waals surface area contributed by atoms with Gasteiger partial charge in [-0.05, 0) is 75.2 Å². The summed E-state index contributed by atoms with van der Waals surface area (Å²) in [5.41, 5.74) is 0.699. The Hall–Kier alpha value is -4.49. The molecule has 43 heavy (non-hydrogen) atoms. The predicted octanol–water partition coefficient (Wildman–Crippen LogP) is 6.50. The van der Waals surface area contributed by atoms with Crippen molar-refractivity contribution in [1.82, 2.24) is 10.6 Å². The van der Waals surface area contributed by atoms with Crippen molar-refractivity contribution < 1.29 is 32.3 Å². The van der Waals surface area contributed by atoms with Crippen molar-refractivity contribution in [1.29, 1.82) is 0 Å². The fourth-order valence-corrected chi connectivity index (χ4v) is 4.28. The van der Waals surface area contributed by atoms with E-state index in [0.717, 1.165) is 12.1 Å². The second kappa shape index (κ2) is 13.7. The number of hydrogen-bond acceptors (Lipinski definition) is 4. The molecule has 0 fully saturated rings. The van der Waals surface area contributed by atoms with Crippen LogP contribution in [0.3, 0.4) is 0 Å². The average Bonchev–Trinajstić information content (AvgIpc) is 2.90. The van der Waals surface area contributed by atoms with E-state index in [0.29, 0.717) is 22.3 Å². The van der Waals surface area contributed by atoms with Gasteiger partial charge in [0.05, 0.1) is 5.56 Å². The van der Waals surface area contributed by atoms with Crippen molar-refractivity contribution in [2.45, 2.75) is 51.9 Å². The highest BCUT2D eigenvalue weighted by Crippen LogP contribution is 2.33. The van der Waals surface area contributed by atoms with Crippen LogP contribution in [0.15, 0.2) is 60.7 Å². The molecule has 0 aliphatic heterocycles. The van der Waals surface area contributed by atoms with E-state index in [2.05, 4.69) is 27.8 Å². The van der Waals surface area contributed by atoms with E-state index in [-0.39, 0.29) is 22.7 Å². The minimum absolute atomic E-state index is 0.0969. The first kappa shape index (κ1) is 33.0. The minimum atomic E-state index is -4.63. The Morgan fingerprint density at radius 3 is 2.26 bits per heavy atom. The Morgan fingerprint density at radius 1 is 0.953 bits per heavy atom. The lowest BCUT2D eigenvalue weighted by molar-refractivity contribution is -0.137. The van der Waals surface area contributed by atoms with Crippen LogP contribution in [0.25, 0.3) is 0 Å². The number of nitrogens with one attached hydrogen (secondary N) is 3. The van der Waals surface area contributed by atoms with Crippen molar-refractivity contribution in [3.63, 3.8) is 0 Å². The molecular weight excluding hydrogens is 583 g/mol. The summed E-state index contributed by atoms with van der Waals surface area (Å²) in [5.74, 6) is 5.08. The van der Waals surface area contributed by atoms with Crippen LogP contribution in [0.5, 0.6) is 0 Å². The number of carbonyl (C=O) groups is 3. The summed E-state index contributed by atoms with van der Waals surface area (Å²) in [6.45, 7) is 6.83. The standard InChI is InChI=1S/C32H31ClF3N3O4/c1-19-20(11-8-12-26(19)28(40)38-25-17-23(32(34,35)36)16-24(33)18-25)13-14-21-9-6-7-10-22(21)15-27(29(41)37-5)39-30(42)43-31(2,3)4/h6-12,16-18,27H,15H2,1-5H3,(H,37,41)(H,38,40)(H,39,42)/t27-/m1/s1. The lowest BCUT2D eigenvalue weighted by Crippen LogP contribution is -2.48. The molecule has 3 aromatic rings. The van der Waals surface area contributed by atoms with Gasteiger partial charge in [-0.3, -0.25) is 9.59 Å². The average molecular weight is 614 g/mol. The topological polar surface area (TPSA) is 96.5 Å². The summed E-state index contributed by atoms with van der Waals surface area (Å²) in [4.78, 5) is 37.9. The second-order valence-electron chi connectivity index (χ2n) is 10.6. The molecule has 0 aromatic heterocycles. The quantitative estimate of drug-likeness (QED) is 0.277. The Labute approximate surface area is 253 Å². The normalized spacial score (nSPS) is 11.9. The summed E-state index contributed by atoms with van der Waals surface area (Å²) < 4.78 is 44.9. The third kappa shape index (κ3) is 9.51. The maximum atomic E-state index is 13.2. The molecule has 226 valence electrons. The highest BCUT2D eigenvalue weighted by atomic mass is 35.5. The van der Waals surface area contributed by atoms with Gasteiger partial charge in [-0.1, -0.05) is 47.7 Å². The number of likely N-dealkylation sites (N-methyl/N-ethyl adjacent to an activating group) is 1. The number of carbonyl (C=O) groups excluding carboxylic acids is 3. The lowest BCUT2D eigenvalue weighted by Gasteiger charge is -2.23. The van der Waals surface area contributed by atoms with Crippen LogP contribution in [-0.4, -0.2) is 36.6 Å². The Balaban J connectivity index is 1.86. The highest BCUT2D eigenvalue weighted by Gasteiger charge is 2.31. The van der Waals surface area contributed by atoms with Gasteiger partial charge >= 0.3 is 12.3 Å². The monoisotopic (exact) mass is 613 g/mol. The molecule has 0 bridgehead atoms. The Kier molecular flexibility index (Phi) is 10.5. The zero-order chi connectivity index (χ0) is 31.9. The molecule has 3 amide bonds. The first-order valence-corrected chi connectivity index (χ1v) is 13.5. The first-order chi connectivity index (χ1) is 20.1. The third-order valence-electron chi connectivity index (χ3n) is 6.09. The van der Waals surface area contributed by atoms with E-state index in [4.69, 9.17) is 16.3 Å². The highest BCUT2D eigenvalue weighted by molar-refractivity contribution is 6.31. The van der Waals surface area contributed by atoms with E-state index in [1.807, 2.05) is 0 Å². The zero-order valence-corrected chi connectivity index (χ0v) is 25.0. The largest absolute Gasteiger partial charge is 0.444 e. The van der Waals surface area contributed by atoms with Crippen LogP contribution in [-0.2, 0) is 22.1 Å². The number of amides is 3. The number of ether oxygens (including phenoxy) is 1. The van der Waals surface area contributed by atoms with Crippen molar-refractivity contribution in [3.8, 4) is 11.8 Å². The van der Waals surface area contributed by atoms with Gasteiger partial charge in [0, 0.05) is 40.9 Å². The number of benzene rings is 3. The number of alkyl halides is 3. The van der Waals surface area contributed by atoms with Crippen molar-refractivity contribution >= 4 is 35.2 Å². The summed E-state index contributed by atoms with van der Waals surface area (Å²) in [6.07, 6.45) is -5.23. The minimum Gasteiger partial charge on any atom is -0.444 e. The zero-order valence-electron chi connectivity index (χ0n) is 24.2. The van der Waals surface area contributed by atoms with Crippen LogP contribution < -0.4 is 16.0 Å². The summed E-state index contributed by atoms with van der Waals surface area (Å²) in [7, 11) is 1.46. The van der Waals surface area contributed by atoms with Gasteiger partial charge in [-0.25, -0.2) is 4.79 Å².